The summed E-state index contributed by atoms with van der Waals surface area (Å²) in [4.78, 5) is 11.4. The van der Waals surface area contributed by atoms with E-state index in [9.17, 15) is 13.2 Å². The van der Waals surface area contributed by atoms with Gasteiger partial charge in [0.1, 0.15) is 5.82 Å². The third kappa shape index (κ3) is 7.80. The highest BCUT2D eigenvalue weighted by Gasteiger charge is 2.29. The second kappa shape index (κ2) is 12.8. The van der Waals surface area contributed by atoms with E-state index in [1.807, 2.05) is 19.1 Å². The Morgan fingerprint density at radius 3 is 2.50 bits per heavy atom. The average Bonchev–Trinajstić information content (AvgIpc) is 2.78. The Kier molecular flexibility index (Phi) is 10.5. The number of anilines is 1. The molecule has 0 amide bonds. The highest BCUT2D eigenvalue weighted by atomic mass is 127. The molecule has 0 aliphatic carbocycles. The molecule has 0 unspecified atom stereocenters. The Morgan fingerprint density at radius 2 is 1.84 bits per heavy atom. The summed E-state index contributed by atoms with van der Waals surface area (Å²) in [6.07, 6.45) is -1.94. The van der Waals surface area contributed by atoms with Gasteiger partial charge in [-0.25, -0.2) is 9.98 Å². The molecule has 0 atom stereocenters. The van der Waals surface area contributed by atoms with Crippen LogP contribution in [0, 0.1) is 0 Å². The first kappa shape index (κ1) is 26.2. The van der Waals surface area contributed by atoms with E-state index in [0.29, 0.717) is 45.2 Å². The van der Waals surface area contributed by atoms with E-state index in [4.69, 9.17) is 4.74 Å². The van der Waals surface area contributed by atoms with Crippen LogP contribution in [0.4, 0.5) is 19.0 Å². The SMILES string of the molecule is CCNC(=NCc1cccnc1N1CCOCC1)NCCc1ccc(C(F)(F)F)cc1.I. The Morgan fingerprint density at radius 1 is 1.12 bits per heavy atom. The number of pyridine rings is 1. The number of hydrogen-bond acceptors (Lipinski definition) is 4. The van der Waals surface area contributed by atoms with Crippen molar-refractivity contribution >= 4 is 35.8 Å². The number of nitrogens with one attached hydrogen (secondary N) is 2. The summed E-state index contributed by atoms with van der Waals surface area (Å²) in [6.45, 7) is 6.70. The molecular weight excluding hydrogens is 534 g/mol. The molecule has 3 rings (SSSR count). The standard InChI is InChI=1S/C22H28F3N5O.HI/c1-2-26-21(28-11-9-17-5-7-19(8-6-17)22(23,24)25)29-16-18-4-3-10-27-20(18)30-12-14-31-15-13-30;/h3-8,10H,2,9,11-16H2,1H3,(H2,26,28,29);1H. The lowest BCUT2D eigenvalue weighted by Crippen LogP contribution is -2.38. The van der Waals surface area contributed by atoms with Gasteiger partial charge >= 0.3 is 6.18 Å². The van der Waals surface area contributed by atoms with E-state index in [-0.39, 0.29) is 24.0 Å². The van der Waals surface area contributed by atoms with Crippen LogP contribution < -0.4 is 15.5 Å². The smallest absolute Gasteiger partial charge is 0.378 e. The zero-order valence-electron chi connectivity index (χ0n) is 18.0. The number of aliphatic imine (C=N–C) groups is 1. The molecular formula is C22H29F3IN5O. The molecule has 1 fully saturated rings. The largest absolute Gasteiger partial charge is 0.416 e. The molecule has 1 aliphatic rings. The molecule has 1 aliphatic heterocycles. The van der Waals surface area contributed by atoms with E-state index >= 15 is 0 Å². The first-order valence-electron chi connectivity index (χ1n) is 10.4. The number of alkyl halides is 3. The molecule has 32 heavy (non-hydrogen) atoms. The van der Waals surface area contributed by atoms with Gasteiger partial charge in [0.15, 0.2) is 5.96 Å². The molecule has 0 bridgehead atoms. The number of nitrogens with zero attached hydrogens (tertiary/aromatic N) is 3. The summed E-state index contributed by atoms with van der Waals surface area (Å²) in [5.41, 5.74) is 1.23. The van der Waals surface area contributed by atoms with Crippen LogP contribution >= 0.6 is 24.0 Å². The maximum Gasteiger partial charge on any atom is 0.416 e. The summed E-state index contributed by atoms with van der Waals surface area (Å²) >= 11 is 0. The molecule has 0 saturated carbocycles. The van der Waals surface area contributed by atoms with Crippen LogP contribution in [0.3, 0.4) is 0 Å². The van der Waals surface area contributed by atoms with Gasteiger partial charge in [-0.3, -0.25) is 0 Å². The predicted molar refractivity (Wildman–Crippen MR) is 131 cm³/mol. The van der Waals surface area contributed by atoms with Gasteiger partial charge in [-0.15, -0.1) is 24.0 Å². The van der Waals surface area contributed by atoms with E-state index in [0.717, 1.165) is 42.2 Å². The molecule has 2 aromatic rings. The van der Waals surface area contributed by atoms with Crippen LogP contribution in [-0.2, 0) is 23.9 Å². The lowest BCUT2D eigenvalue weighted by Gasteiger charge is -2.29. The summed E-state index contributed by atoms with van der Waals surface area (Å²) in [6, 6.07) is 9.18. The Hall–Kier alpha value is -2.08. The van der Waals surface area contributed by atoms with Crippen LogP contribution in [0.2, 0.25) is 0 Å². The Labute approximate surface area is 203 Å². The van der Waals surface area contributed by atoms with Crippen LogP contribution in [0.1, 0.15) is 23.6 Å². The lowest BCUT2D eigenvalue weighted by atomic mass is 10.1. The molecule has 2 heterocycles. The normalized spacial score (nSPS) is 14.6. The fourth-order valence-corrected chi connectivity index (χ4v) is 3.31. The van der Waals surface area contributed by atoms with Crippen molar-refractivity contribution in [3.05, 3.63) is 59.3 Å². The number of benzene rings is 1. The van der Waals surface area contributed by atoms with E-state index < -0.39 is 11.7 Å². The van der Waals surface area contributed by atoms with Crippen molar-refractivity contribution in [3.63, 3.8) is 0 Å². The quantitative estimate of drug-likeness (QED) is 0.305. The molecule has 2 N–H and O–H groups in total. The summed E-state index contributed by atoms with van der Waals surface area (Å²) in [7, 11) is 0. The zero-order chi connectivity index (χ0) is 22.1. The van der Waals surface area contributed by atoms with Crippen molar-refractivity contribution in [2.24, 2.45) is 4.99 Å². The Balaban J connectivity index is 0.00000363. The van der Waals surface area contributed by atoms with Crippen LogP contribution in [0.15, 0.2) is 47.6 Å². The number of hydrogen-bond donors (Lipinski definition) is 2. The van der Waals surface area contributed by atoms with Crippen LogP contribution in [-0.4, -0.2) is 50.3 Å². The lowest BCUT2D eigenvalue weighted by molar-refractivity contribution is -0.137. The zero-order valence-corrected chi connectivity index (χ0v) is 20.3. The Bertz CT molecular complexity index is 855. The molecule has 1 aromatic carbocycles. The molecule has 1 saturated heterocycles. The maximum absolute atomic E-state index is 12.7. The minimum atomic E-state index is -4.31. The van der Waals surface area contributed by atoms with Gasteiger partial charge in [-0.1, -0.05) is 18.2 Å². The van der Waals surface area contributed by atoms with Gasteiger partial charge in [0.25, 0.3) is 0 Å². The molecule has 1 aromatic heterocycles. The fraction of sp³-hybridized carbons (Fsp3) is 0.455. The van der Waals surface area contributed by atoms with Crippen LogP contribution in [0.5, 0.6) is 0 Å². The van der Waals surface area contributed by atoms with Gasteiger partial charge in [-0.05, 0) is 37.1 Å². The summed E-state index contributed by atoms with van der Waals surface area (Å²) in [5, 5.41) is 6.45. The number of ether oxygens (including phenoxy) is 1. The minimum Gasteiger partial charge on any atom is -0.378 e. The third-order valence-electron chi connectivity index (χ3n) is 4.92. The fourth-order valence-electron chi connectivity index (χ4n) is 3.31. The number of guanidine groups is 1. The average molecular weight is 563 g/mol. The highest BCUT2D eigenvalue weighted by molar-refractivity contribution is 14.0. The number of morpholine rings is 1. The minimum absolute atomic E-state index is 0. The second-order valence-corrected chi connectivity index (χ2v) is 7.15. The molecule has 10 heteroatoms. The predicted octanol–water partition coefficient (Wildman–Crippen LogP) is 3.85. The van der Waals surface area contributed by atoms with Gasteiger partial charge in [0.2, 0.25) is 0 Å². The van der Waals surface area contributed by atoms with E-state index in [1.165, 1.54) is 12.1 Å². The third-order valence-corrected chi connectivity index (χ3v) is 4.92. The topological polar surface area (TPSA) is 61.8 Å². The number of halogens is 4. The second-order valence-electron chi connectivity index (χ2n) is 7.15. The molecule has 0 radical (unpaired) electrons. The van der Waals surface area contributed by atoms with Crippen molar-refractivity contribution in [2.45, 2.75) is 26.1 Å². The van der Waals surface area contributed by atoms with Gasteiger partial charge in [0.05, 0.1) is 25.3 Å². The highest BCUT2D eigenvalue weighted by Crippen LogP contribution is 2.29. The molecule has 0 spiro atoms. The van der Waals surface area contributed by atoms with Crippen molar-refractivity contribution < 1.29 is 17.9 Å². The van der Waals surface area contributed by atoms with E-state index in [1.54, 1.807) is 6.20 Å². The van der Waals surface area contributed by atoms with Crippen molar-refractivity contribution in [1.29, 1.82) is 0 Å². The van der Waals surface area contributed by atoms with E-state index in [2.05, 4.69) is 25.5 Å². The molecule has 6 nitrogen and oxygen atoms in total. The number of aromatic nitrogens is 1. The molecule has 176 valence electrons. The van der Waals surface area contributed by atoms with Gasteiger partial charge in [-0.2, -0.15) is 13.2 Å². The van der Waals surface area contributed by atoms with Crippen molar-refractivity contribution in [2.75, 3.05) is 44.3 Å². The van der Waals surface area contributed by atoms with Crippen LogP contribution in [0.25, 0.3) is 0 Å². The van der Waals surface area contributed by atoms with Gasteiger partial charge < -0.3 is 20.3 Å². The van der Waals surface area contributed by atoms with Crippen molar-refractivity contribution in [1.82, 2.24) is 15.6 Å². The first-order valence-corrected chi connectivity index (χ1v) is 10.4. The summed E-state index contributed by atoms with van der Waals surface area (Å²) < 4.78 is 43.5. The van der Waals surface area contributed by atoms with Crippen molar-refractivity contribution in [3.8, 4) is 0 Å². The van der Waals surface area contributed by atoms with Gasteiger partial charge in [0, 0.05) is 37.9 Å². The maximum atomic E-state index is 12.7. The first-order chi connectivity index (χ1) is 15.0. The summed E-state index contributed by atoms with van der Waals surface area (Å²) in [5.74, 6) is 1.58. The monoisotopic (exact) mass is 563 g/mol. The number of rotatable bonds is 7.